The van der Waals surface area contributed by atoms with Gasteiger partial charge in [-0.3, -0.25) is 0 Å². The highest BCUT2D eigenvalue weighted by Crippen LogP contribution is 2.20. The van der Waals surface area contributed by atoms with Gasteiger partial charge in [-0.25, -0.2) is 28.9 Å². The molecule has 0 amide bonds. The van der Waals surface area contributed by atoms with E-state index in [1.54, 1.807) is 30.3 Å². The summed E-state index contributed by atoms with van der Waals surface area (Å²) in [5, 5.41) is 27.1. The number of ether oxygens (including phenoxy) is 4. The van der Waals surface area contributed by atoms with Gasteiger partial charge in [0.2, 0.25) is 0 Å². The zero-order chi connectivity index (χ0) is 34.3. The van der Waals surface area contributed by atoms with Gasteiger partial charge in [0.1, 0.15) is 18.8 Å². The van der Waals surface area contributed by atoms with Crippen molar-refractivity contribution in [1.82, 2.24) is 29.5 Å². The largest absolute Gasteiger partial charge is 0.457 e. The Morgan fingerprint density at radius 2 is 1.42 bits per heavy atom. The predicted molar refractivity (Wildman–Crippen MR) is 176 cm³/mol. The Morgan fingerprint density at radius 1 is 0.875 bits per heavy atom. The van der Waals surface area contributed by atoms with Crippen molar-refractivity contribution in [3.63, 3.8) is 0 Å². The third-order valence-electron chi connectivity index (χ3n) is 6.27. The lowest BCUT2D eigenvalue weighted by molar-refractivity contribution is -0.158. The molecule has 2 aliphatic heterocycles. The Labute approximate surface area is 286 Å². The van der Waals surface area contributed by atoms with Gasteiger partial charge in [0.05, 0.1) is 25.9 Å². The maximum atomic E-state index is 11.7. The lowest BCUT2D eigenvalue weighted by Gasteiger charge is -2.06. The highest BCUT2D eigenvalue weighted by atomic mass is 35.5. The number of carbonyl (C=O) groups excluding carboxylic acids is 2. The van der Waals surface area contributed by atoms with Crippen LogP contribution < -0.4 is 0 Å². The van der Waals surface area contributed by atoms with Gasteiger partial charge in [0, 0.05) is 58.8 Å². The first-order chi connectivity index (χ1) is 23.1. The average molecular weight is 702 g/mol. The van der Waals surface area contributed by atoms with Crippen molar-refractivity contribution < 1.29 is 38.7 Å². The monoisotopic (exact) mass is 700 g/mol. The van der Waals surface area contributed by atoms with Crippen LogP contribution in [0, 0.1) is 0 Å². The van der Waals surface area contributed by atoms with Crippen LogP contribution in [0.25, 0.3) is 35.2 Å². The fourth-order valence-corrected chi connectivity index (χ4v) is 4.41. The van der Waals surface area contributed by atoms with Crippen LogP contribution in [0.4, 0.5) is 0 Å². The van der Waals surface area contributed by atoms with Crippen molar-refractivity contribution in [2.75, 3.05) is 26.4 Å². The van der Waals surface area contributed by atoms with Crippen LogP contribution in [0.5, 0.6) is 0 Å². The van der Waals surface area contributed by atoms with Crippen LogP contribution in [0.1, 0.15) is 19.8 Å². The molecule has 4 heterocycles. The summed E-state index contributed by atoms with van der Waals surface area (Å²) < 4.78 is 22.5. The minimum atomic E-state index is -1.15. The number of nitrogens with zero attached hydrogens (tertiary/aromatic N) is 6. The van der Waals surface area contributed by atoms with Crippen LogP contribution in [0.3, 0.4) is 0 Å². The van der Waals surface area contributed by atoms with Gasteiger partial charge >= 0.3 is 11.9 Å². The van der Waals surface area contributed by atoms with Crippen molar-refractivity contribution in [3.8, 4) is 22.8 Å². The van der Waals surface area contributed by atoms with Crippen LogP contribution >= 0.6 is 23.2 Å². The third kappa shape index (κ3) is 12.6. The number of benzene rings is 2. The number of hydrogen-bond acceptors (Lipinski definition) is 12. The first-order valence-corrected chi connectivity index (χ1v) is 15.5. The Hall–Kier alpha value is -4.44. The second-order valence-electron chi connectivity index (χ2n) is 10.2. The molecule has 0 radical (unpaired) electrons. The Bertz CT molecular complexity index is 1680. The summed E-state index contributed by atoms with van der Waals surface area (Å²) in [6.07, 6.45) is 8.37. The summed E-state index contributed by atoms with van der Waals surface area (Å²) in [6.45, 7) is 3.72. The molecule has 0 saturated carbocycles. The first-order valence-electron chi connectivity index (χ1n) is 14.8. The molecular formula is C32H34Cl2N6O8. The maximum Gasteiger partial charge on any atom is 0.334 e. The molecule has 2 saturated heterocycles. The van der Waals surface area contributed by atoms with E-state index in [4.69, 9.17) is 47.6 Å². The van der Waals surface area contributed by atoms with Gasteiger partial charge in [-0.2, -0.15) is 0 Å². The van der Waals surface area contributed by atoms with Gasteiger partial charge in [0.25, 0.3) is 0 Å². The molecule has 48 heavy (non-hydrogen) atoms. The van der Waals surface area contributed by atoms with Gasteiger partial charge in [-0.1, -0.05) is 47.5 Å². The van der Waals surface area contributed by atoms with Crippen LogP contribution in [0.15, 0.2) is 73.3 Å². The maximum absolute atomic E-state index is 11.7. The van der Waals surface area contributed by atoms with Crippen molar-refractivity contribution in [2.45, 2.75) is 38.3 Å². The molecule has 0 spiro atoms. The standard InChI is InChI=1S/C15H14ClN3O3.C13H12ClN3O3.C4H8O2/c16-12-3-1-2-11(8-12)15-17-10-19(18-15)6-4-14(20)22-13-5-7-21-9-13;1-9(18)20-12(19)5-6-17-8-15-13(16-17)10-3-2-4-11(14)7-10;5-4-1-2-6-3-4/h1-4,6,8,10,13H,5,7,9H2;2-9,18H,1H3;4-5H,1-3H2/b6-4-;6-5-;. The summed E-state index contributed by atoms with van der Waals surface area (Å²) in [5.74, 6) is -0.0686. The molecule has 2 fully saturated rings. The minimum absolute atomic E-state index is 0.157. The molecule has 2 aromatic heterocycles. The number of carbonyl (C=O) groups is 2. The van der Waals surface area contributed by atoms with Crippen LogP contribution in [-0.4, -0.2) is 96.6 Å². The number of aliphatic hydroxyl groups excluding tert-OH is 2. The second-order valence-corrected chi connectivity index (χ2v) is 11.1. The summed E-state index contributed by atoms with van der Waals surface area (Å²) in [5.41, 5.74) is 1.58. The molecule has 2 aliphatic rings. The summed E-state index contributed by atoms with van der Waals surface area (Å²) in [6, 6.07) is 14.4. The smallest absolute Gasteiger partial charge is 0.334 e. The fraction of sp³-hybridized carbons (Fsp3) is 0.312. The highest BCUT2D eigenvalue weighted by Gasteiger charge is 2.18. The SMILES string of the molecule is CC(O)OC(=O)/C=C\n1cnc(-c2cccc(Cl)c2)n1.O=C(/C=C\n1cnc(-c2cccc(Cl)c2)n1)OC1CCOC1.OC1CCOC1. The third-order valence-corrected chi connectivity index (χ3v) is 6.74. The van der Waals surface area contributed by atoms with E-state index < -0.39 is 18.2 Å². The summed E-state index contributed by atoms with van der Waals surface area (Å²) in [7, 11) is 0. The Morgan fingerprint density at radius 3 is 1.85 bits per heavy atom. The van der Waals surface area contributed by atoms with E-state index in [0.29, 0.717) is 41.5 Å². The van der Waals surface area contributed by atoms with E-state index in [2.05, 4.69) is 24.9 Å². The van der Waals surface area contributed by atoms with Crippen molar-refractivity contribution in [1.29, 1.82) is 0 Å². The molecule has 16 heteroatoms. The quantitative estimate of drug-likeness (QED) is 0.153. The van der Waals surface area contributed by atoms with E-state index >= 15 is 0 Å². The number of halogens is 2. The number of rotatable bonds is 8. The second kappa shape index (κ2) is 18.8. The first kappa shape index (κ1) is 36.4. The molecule has 3 atom stereocenters. The van der Waals surface area contributed by atoms with Crippen molar-refractivity contribution >= 4 is 47.5 Å². The molecule has 14 nitrogen and oxygen atoms in total. The lowest BCUT2D eigenvalue weighted by atomic mass is 10.2. The van der Waals surface area contributed by atoms with Gasteiger partial charge in [0.15, 0.2) is 17.9 Å². The number of hydrogen-bond donors (Lipinski definition) is 2. The lowest BCUT2D eigenvalue weighted by Crippen LogP contribution is -2.16. The van der Waals surface area contributed by atoms with Gasteiger partial charge in [-0.05, 0) is 37.6 Å². The molecule has 2 aromatic carbocycles. The number of aliphatic hydroxyl groups is 2. The van der Waals surface area contributed by atoms with Crippen molar-refractivity contribution in [3.05, 3.63) is 83.4 Å². The average Bonchev–Trinajstić information content (AvgIpc) is 3.89. The zero-order valence-corrected chi connectivity index (χ0v) is 27.4. The molecule has 2 N–H and O–H groups in total. The van der Waals surface area contributed by atoms with Gasteiger partial charge < -0.3 is 29.2 Å². The topological polar surface area (TPSA) is 173 Å². The number of esters is 2. The van der Waals surface area contributed by atoms with Crippen LogP contribution in [0.2, 0.25) is 10.0 Å². The fourth-order valence-electron chi connectivity index (χ4n) is 4.03. The Kier molecular flexibility index (Phi) is 14.2. The van der Waals surface area contributed by atoms with Gasteiger partial charge in [-0.15, -0.1) is 10.2 Å². The molecule has 254 valence electrons. The highest BCUT2D eigenvalue weighted by molar-refractivity contribution is 6.31. The van der Waals surface area contributed by atoms with E-state index in [9.17, 15) is 9.59 Å². The normalized spacial score (nSPS) is 17.8. The molecule has 3 unspecified atom stereocenters. The molecule has 4 aromatic rings. The molecule has 6 rings (SSSR count). The Balaban J connectivity index is 0.000000185. The molecule has 0 bridgehead atoms. The predicted octanol–water partition coefficient (Wildman–Crippen LogP) is 4.12. The van der Waals surface area contributed by atoms with E-state index in [0.717, 1.165) is 36.7 Å². The molecule has 0 aliphatic carbocycles. The zero-order valence-electron chi connectivity index (χ0n) is 25.8. The van der Waals surface area contributed by atoms with Crippen molar-refractivity contribution in [2.24, 2.45) is 0 Å². The van der Waals surface area contributed by atoms with E-state index in [-0.39, 0.29) is 12.2 Å². The summed E-state index contributed by atoms with van der Waals surface area (Å²) >= 11 is 11.8. The summed E-state index contributed by atoms with van der Waals surface area (Å²) in [4.78, 5) is 31.1. The van der Waals surface area contributed by atoms with Crippen LogP contribution in [-0.2, 0) is 28.5 Å². The minimum Gasteiger partial charge on any atom is -0.457 e. The molecular weight excluding hydrogens is 667 g/mol. The van der Waals surface area contributed by atoms with E-state index in [1.807, 2.05) is 18.2 Å². The number of aromatic nitrogens is 6. The van der Waals surface area contributed by atoms with E-state index in [1.165, 1.54) is 47.4 Å².